The molecule has 1 aromatic heterocycles. The summed E-state index contributed by atoms with van der Waals surface area (Å²) in [5.74, 6) is -0.289. The van der Waals surface area contributed by atoms with Crippen LogP contribution in [0.3, 0.4) is 0 Å². The molecule has 0 saturated heterocycles. The van der Waals surface area contributed by atoms with Crippen LogP contribution in [0.5, 0.6) is 0 Å². The highest BCUT2D eigenvalue weighted by Gasteiger charge is 2.27. The molecule has 1 N–H and O–H groups in total. The number of nitrogens with one attached hydrogen (secondary N) is 1. The summed E-state index contributed by atoms with van der Waals surface area (Å²) in [6.45, 7) is 3.96. The predicted octanol–water partition coefficient (Wildman–Crippen LogP) is 4.28. The van der Waals surface area contributed by atoms with Gasteiger partial charge in [0.05, 0.1) is 32.2 Å². The molecule has 1 aliphatic heterocycles. The van der Waals surface area contributed by atoms with Gasteiger partial charge in [0.25, 0.3) is 0 Å². The first-order valence-corrected chi connectivity index (χ1v) is 10.1. The number of aliphatic imine (C=N–C) groups is 1. The van der Waals surface area contributed by atoms with Crippen LogP contribution >= 0.6 is 27.3 Å². The molecule has 1 atom stereocenters. The molecule has 2 amide bonds. The Morgan fingerprint density at radius 3 is 2.81 bits per heavy atom. The highest BCUT2D eigenvalue weighted by atomic mass is 79.9. The van der Waals surface area contributed by atoms with Crippen molar-refractivity contribution in [3.63, 3.8) is 0 Å². The van der Waals surface area contributed by atoms with Crippen LogP contribution in [0, 0.1) is 0 Å². The van der Waals surface area contributed by atoms with E-state index in [1.807, 2.05) is 50.2 Å². The topological polar surface area (TPSA) is 61.8 Å². The lowest BCUT2D eigenvalue weighted by Gasteiger charge is -2.23. The standard InChI is InChI=1S/C19H20BrN3O2S/c1-3-12(2)21-18(24)11-23-15-7-5-4-6-13(15)22-14(10-19(23)25)16-8-9-17(20)26-16/h4-9,12H,3,10-11H2,1-2H3,(H,21,24)/t12-/m1/s1. The molecule has 0 bridgehead atoms. The monoisotopic (exact) mass is 433 g/mol. The van der Waals surface area contributed by atoms with Crippen molar-refractivity contribution in [2.45, 2.75) is 32.7 Å². The molecule has 1 aromatic carbocycles. The molecule has 0 unspecified atom stereocenters. The van der Waals surface area contributed by atoms with Gasteiger partial charge in [0.1, 0.15) is 6.54 Å². The van der Waals surface area contributed by atoms with Gasteiger partial charge in [-0.05, 0) is 53.5 Å². The Hall–Kier alpha value is -1.99. The zero-order valence-electron chi connectivity index (χ0n) is 14.7. The van der Waals surface area contributed by atoms with Crippen molar-refractivity contribution in [3.8, 4) is 0 Å². The number of nitrogens with zero attached hydrogens (tertiary/aromatic N) is 2. The van der Waals surface area contributed by atoms with Crippen molar-refractivity contribution in [3.05, 3.63) is 45.1 Å². The number of halogens is 1. The predicted molar refractivity (Wildman–Crippen MR) is 110 cm³/mol. The van der Waals surface area contributed by atoms with Crippen LogP contribution in [-0.2, 0) is 9.59 Å². The minimum Gasteiger partial charge on any atom is -0.352 e. The molecule has 1 aliphatic rings. The number of hydrogen-bond donors (Lipinski definition) is 1. The molecule has 7 heteroatoms. The number of anilines is 1. The maximum Gasteiger partial charge on any atom is 0.240 e. The van der Waals surface area contributed by atoms with Gasteiger partial charge in [-0.25, -0.2) is 4.99 Å². The average molecular weight is 434 g/mol. The van der Waals surface area contributed by atoms with E-state index in [-0.39, 0.29) is 30.8 Å². The average Bonchev–Trinajstić information content (AvgIpc) is 3.00. The quantitative estimate of drug-likeness (QED) is 0.764. The second-order valence-electron chi connectivity index (χ2n) is 6.18. The number of thiophene rings is 1. The van der Waals surface area contributed by atoms with Crippen LogP contribution < -0.4 is 10.2 Å². The maximum absolute atomic E-state index is 12.9. The molecule has 26 heavy (non-hydrogen) atoms. The first kappa shape index (κ1) is 18.8. The van der Waals surface area contributed by atoms with Crippen LogP contribution in [0.1, 0.15) is 31.6 Å². The molecule has 136 valence electrons. The van der Waals surface area contributed by atoms with Gasteiger partial charge < -0.3 is 10.2 Å². The second-order valence-corrected chi connectivity index (χ2v) is 8.65. The van der Waals surface area contributed by atoms with Crippen molar-refractivity contribution in [1.29, 1.82) is 0 Å². The van der Waals surface area contributed by atoms with Gasteiger partial charge in [-0.1, -0.05) is 19.1 Å². The van der Waals surface area contributed by atoms with Gasteiger partial charge in [0.15, 0.2) is 0 Å². The Morgan fingerprint density at radius 1 is 1.35 bits per heavy atom. The van der Waals surface area contributed by atoms with Gasteiger partial charge in [-0.2, -0.15) is 0 Å². The van der Waals surface area contributed by atoms with E-state index in [1.54, 1.807) is 11.3 Å². The summed E-state index contributed by atoms with van der Waals surface area (Å²) >= 11 is 5.00. The fourth-order valence-corrected chi connectivity index (χ4v) is 4.07. The maximum atomic E-state index is 12.9. The number of benzene rings is 1. The number of fused-ring (bicyclic) bond motifs is 1. The minimum absolute atomic E-state index is 0.00286. The van der Waals surface area contributed by atoms with Crippen LogP contribution in [-0.4, -0.2) is 30.1 Å². The van der Waals surface area contributed by atoms with E-state index < -0.39 is 0 Å². The number of amides is 2. The van der Waals surface area contributed by atoms with Crippen LogP contribution in [0.15, 0.2) is 45.2 Å². The van der Waals surface area contributed by atoms with E-state index >= 15 is 0 Å². The summed E-state index contributed by atoms with van der Waals surface area (Å²) in [6.07, 6.45) is 1.01. The molecule has 0 fully saturated rings. The number of carbonyl (C=O) groups is 2. The number of carbonyl (C=O) groups excluding carboxylic acids is 2. The smallest absolute Gasteiger partial charge is 0.240 e. The third kappa shape index (κ3) is 4.22. The molecular weight excluding hydrogens is 414 g/mol. The summed E-state index contributed by atoms with van der Waals surface area (Å²) in [4.78, 5) is 32.5. The van der Waals surface area contributed by atoms with Crippen molar-refractivity contribution in [1.82, 2.24) is 5.32 Å². The molecule has 0 saturated carbocycles. The molecule has 0 aliphatic carbocycles. The Bertz CT molecular complexity index is 862. The summed E-state index contributed by atoms with van der Waals surface area (Å²) in [5, 5.41) is 2.92. The van der Waals surface area contributed by atoms with Gasteiger partial charge in [0.2, 0.25) is 11.8 Å². The van der Waals surface area contributed by atoms with Crippen molar-refractivity contribution < 1.29 is 9.59 Å². The summed E-state index contributed by atoms with van der Waals surface area (Å²) in [5.41, 5.74) is 2.10. The number of para-hydroxylation sites is 2. The molecule has 3 rings (SSSR count). The third-order valence-corrected chi connectivity index (χ3v) is 5.90. The first-order valence-electron chi connectivity index (χ1n) is 8.50. The second kappa shape index (κ2) is 8.14. The van der Waals surface area contributed by atoms with E-state index in [0.717, 1.165) is 20.8 Å². The van der Waals surface area contributed by atoms with Crippen LogP contribution in [0.2, 0.25) is 0 Å². The number of hydrogen-bond acceptors (Lipinski definition) is 4. The van der Waals surface area contributed by atoms with Crippen molar-refractivity contribution in [2.75, 3.05) is 11.4 Å². The van der Waals surface area contributed by atoms with E-state index in [1.165, 1.54) is 4.90 Å². The highest BCUT2D eigenvalue weighted by Crippen LogP contribution is 2.34. The number of rotatable bonds is 5. The molecule has 5 nitrogen and oxygen atoms in total. The summed E-state index contributed by atoms with van der Waals surface area (Å²) < 4.78 is 0.991. The largest absolute Gasteiger partial charge is 0.352 e. The summed E-state index contributed by atoms with van der Waals surface area (Å²) in [6, 6.07) is 11.4. The Kier molecular flexibility index (Phi) is 5.88. The third-order valence-electron chi connectivity index (χ3n) is 4.23. The molecular formula is C19H20BrN3O2S. The lowest BCUT2D eigenvalue weighted by molar-refractivity contribution is -0.123. The minimum atomic E-state index is -0.162. The van der Waals surface area contributed by atoms with Crippen molar-refractivity contribution in [2.24, 2.45) is 4.99 Å². The molecule has 0 spiro atoms. The highest BCUT2D eigenvalue weighted by molar-refractivity contribution is 9.11. The normalized spacial score (nSPS) is 15.1. The fraction of sp³-hybridized carbons (Fsp3) is 0.316. The van der Waals surface area contributed by atoms with Crippen LogP contribution in [0.4, 0.5) is 11.4 Å². The Morgan fingerprint density at radius 2 is 2.12 bits per heavy atom. The van der Waals surface area contributed by atoms with E-state index in [2.05, 4.69) is 21.2 Å². The first-order chi connectivity index (χ1) is 12.5. The van der Waals surface area contributed by atoms with E-state index in [4.69, 9.17) is 4.99 Å². The van der Waals surface area contributed by atoms with E-state index in [0.29, 0.717) is 11.4 Å². The zero-order valence-corrected chi connectivity index (χ0v) is 17.1. The van der Waals surface area contributed by atoms with Gasteiger partial charge in [-0.15, -0.1) is 11.3 Å². The summed E-state index contributed by atoms with van der Waals surface area (Å²) in [7, 11) is 0. The fourth-order valence-electron chi connectivity index (χ4n) is 2.70. The Balaban J connectivity index is 1.91. The van der Waals surface area contributed by atoms with Gasteiger partial charge >= 0.3 is 0 Å². The van der Waals surface area contributed by atoms with Crippen molar-refractivity contribution >= 4 is 56.2 Å². The van der Waals surface area contributed by atoms with Gasteiger partial charge in [0, 0.05) is 6.04 Å². The zero-order chi connectivity index (χ0) is 18.7. The molecule has 2 aromatic rings. The van der Waals surface area contributed by atoms with Gasteiger partial charge in [-0.3, -0.25) is 9.59 Å². The lowest BCUT2D eigenvalue weighted by Crippen LogP contribution is -2.43. The lowest BCUT2D eigenvalue weighted by atomic mass is 10.2. The van der Waals surface area contributed by atoms with E-state index in [9.17, 15) is 9.59 Å². The SMILES string of the molecule is CC[C@@H](C)NC(=O)CN1C(=O)CC(c2ccc(Br)s2)=Nc2ccccc21. The van der Waals surface area contributed by atoms with Crippen LogP contribution in [0.25, 0.3) is 0 Å². The molecule has 0 radical (unpaired) electrons. The Labute approximate surface area is 165 Å². The molecule has 2 heterocycles.